The Kier molecular flexibility index (Phi) is 5.16. The normalized spacial score (nSPS) is 17.3. The van der Waals surface area contributed by atoms with E-state index in [1.54, 1.807) is 12.1 Å². The maximum atomic E-state index is 11.6. The molecule has 0 saturated carbocycles. The fourth-order valence-corrected chi connectivity index (χ4v) is 2.22. The van der Waals surface area contributed by atoms with Gasteiger partial charge >= 0.3 is 11.9 Å². The topological polar surface area (TPSA) is 73.9 Å². The van der Waals surface area contributed by atoms with Crippen LogP contribution in [0, 0.1) is 5.92 Å². The van der Waals surface area contributed by atoms with Crippen molar-refractivity contribution in [2.75, 3.05) is 33.9 Å². The number of carbonyl (C=O) groups is 2. The molecule has 0 aromatic heterocycles. The van der Waals surface area contributed by atoms with Crippen LogP contribution in [0.2, 0.25) is 0 Å². The van der Waals surface area contributed by atoms with Crippen molar-refractivity contribution in [1.82, 2.24) is 5.32 Å². The van der Waals surface area contributed by atoms with E-state index in [0.717, 1.165) is 19.5 Å². The highest BCUT2D eigenvalue weighted by molar-refractivity contribution is 5.96. The Morgan fingerprint density at radius 1 is 1.14 bits per heavy atom. The Morgan fingerprint density at radius 2 is 1.76 bits per heavy atom. The third-order valence-electron chi connectivity index (χ3n) is 3.40. The van der Waals surface area contributed by atoms with Gasteiger partial charge in [0.2, 0.25) is 0 Å². The van der Waals surface area contributed by atoms with E-state index in [4.69, 9.17) is 4.74 Å². The first-order chi connectivity index (χ1) is 10.1. The standard InChI is InChI=1S/C15H19NO5/c1-19-14(17)11-5-12(15(18)20-2)7-13(6-11)21-9-10-3-4-16-8-10/h5-7,10,16H,3-4,8-9H2,1-2H3/t10-/m1/s1. The van der Waals surface area contributed by atoms with E-state index in [-0.39, 0.29) is 11.1 Å². The molecule has 114 valence electrons. The zero-order valence-corrected chi connectivity index (χ0v) is 12.2. The van der Waals surface area contributed by atoms with Crippen molar-refractivity contribution in [3.8, 4) is 5.75 Å². The Bertz CT molecular complexity index is 489. The van der Waals surface area contributed by atoms with Crippen LogP contribution >= 0.6 is 0 Å². The molecular formula is C15H19NO5. The van der Waals surface area contributed by atoms with Gasteiger partial charge in [0.25, 0.3) is 0 Å². The molecular weight excluding hydrogens is 274 g/mol. The molecule has 0 aliphatic carbocycles. The summed E-state index contributed by atoms with van der Waals surface area (Å²) in [7, 11) is 2.58. The summed E-state index contributed by atoms with van der Waals surface area (Å²) < 4.78 is 15.1. The third kappa shape index (κ3) is 3.95. The fraction of sp³-hybridized carbons (Fsp3) is 0.467. The number of esters is 2. The van der Waals surface area contributed by atoms with E-state index in [1.165, 1.54) is 20.3 Å². The maximum absolute atomic E-state index is 11.6. The van der Waals surface area contributed by atoms with E-state index in [1.807, 2.05) is 0 Å². The van der Waals surface area contributed by atoms with Crippen LogP contribution in [-0.4, -0.2) is 45.9 Å². The lowest BCUT2D eigenvalue weighted by Crippen LogP contribution is -2.16. The van der Waals surface area contributed by atoms with Crippen LogP contribution in [-0.2, 0) is 9.47 Å². The minimum atomic E-state index is -0.520. The highest BCUT2D eigenvalue weighted by Gasteiger charge is 2.17. The van der Waals surface area contributed by atoms with Crippen LogP contribution in [0.4, 0.5) is 0 Å². The molecule has 1 heterocycles. The number of benzene rings is 1. The summed E-state index contributed by atoms with van der Waals surface area (Å²) in [5, 5.41) is 3.26. The van der Waals surface area contributed by atoms with Crippen LogP contribution < -0.4 is 10.1 Å². The molecule has 2 rings (SSSR count). The first-order valence-corrected chi connectivity index (χ1v) is 6.79. The minimum absolute atomic E-state index is 0.264. The van der Waals surface area contributed by atoms with Crippen LogP contribution in [0.25, 0.3) is 0 Å². The van der Waals surface area contributed by atoms with Gasteiger partial charge in [-0.25, -0.2) is 9.59 Å². The molecule has 1 aromatic rings. The molecule has 0 spiro atoms. The summed E-state index contributed by atoms with van der Waals surface area (Å²) in [6, 6.07) is 4.57. The molecule has 0 radical (unpaired) electrons. The van der Waals surface area contributed by atoms with Gasteiger partial charge in [-0.3, -0.25) is 0 Å². The molecule has 21 heavy (non-hydrogen) atoms. The SMILES string of the molecule is COC(=O)c1cc(OC[C@@H]2CCNC2)cc(C(=O)OC)c1. The number of rotatable bonds is 5. The maximum Gasteiger partial charge on any atom is 0.338 e. The Balaban J connectivity index is 2.17. The van der Waals surface area contributed by atoms with Crippen LogP contribution in [0.5, 0.6) is 5.75 Å². The van der Waals surface area contributed by atoms with Crippen molar-refractivity contribution >= 4 is 11.9 Å². The Morgan fingerprint density at radius 3 is 2.24 bits per heavy atom. The summed E-state index contributed by atoms with van der Waals surface area (Å²) in [5.74, 6) is -0.139. The monoisotopic (exact) mass is 293 g/mol. The number of carbonyl (C=O) groups excluding carboxylic acids is 2. The summed E-state index contributed by atoms with van der Waals surface area (Å²) >= 11 is 0. The predicted octanol–water partition coefficient (Wildman–Crippen LogP) is 1.25. The van der Waals surface area contributed by atoms with Crippen molar-refractivity contribution in [3.05, 3.63) is 29.3 Å². The van der Waals surface area contributed by atoms with Gasteiger partial charge in [0.1, 0.15) is 5.75 Å². The molecule has 1 aliphatic rings. The molecule has 0 amide bonds. The Hall–Kier alpha value is -2.08. The van der Waals surface area contributed by atoms with Crippen molar-refractivity contribution < 1.29 is 23.8 Å². The van der Waals surface area contributed by atoms with Gasteiger partial charge in [-0.1, -0.05) is 0 Å². The van der Waals surface area contributed by atoms with Gasteiger partial charge in [0, 0.05) is 12.5 Å². The molecule has 1 N–H and O–H groups in total. The first-order valence-electron chi connectivity index (χ1n) is 6.79. The summed E-state index contributed by atoms with van der Waals surface area (Å²) in [6.07, 6.45) is 1.06. The van der Waals surface area contributed by atoms with Gasteiger partial charge in [-0.2, -0.15) is 0 Å². The molecule has 1 saturated heterocycles. The quantitative estimate of drug-likeness (QED) is 0.824. The molecule has 0 unspecified atom stereocenters. The lowest BCUT2D eigenvalue weighted by atomic mass is 10.1. The van der Waals surface area contributed by atoms with E-state index >= 15 is 0 Å². The zero-order valence-electron chi connectivity index (χ0n) is 12.2. The molecule has 6 nitrogen and oxygen atoms in total. The highest BCUT2D eigenvalue weighted by atomic mass is 16.5. The number of nitrogens with one attached hydrogen (secondary N) is 1. The summed E-state index contributed by atoms with van der Waals surface area (Å²) in [5.41, 5.74) is 0.528. The van der Waals surface area contributed by atoms with Gasteiger partial charge in [0.05, 0.1) is 32.0 Å². The van der Waals surface area contributed by atoms with Crippen molar-refractivity contribution in [3.63, 3.8) is 0 Å². The molecule has 1 atom stereocenters. The lowest BCUT2D eigenvalue weighted by molar-refractivity contribution is 0.0598. The average molecular weight is 293 g/mol. The van der Waals surface area contributed by atoms with E-state index in [9.17, 15) is 9.59 Å². The van der Waals surface area contributed by atoms with Crippen LogP contribution in [0.15, 0.2) is 18.2 Å². The van der Waals surface area contributed by atoms with Gasteiger partial charge in [-0.15, -0.1) is 0 Å². The summed E-state index contributed by atoms with van der Waals surface area (Å²) in [4.78, 5) is 23.3. The minimum Gasteiger partial charge on any atom is -0.493 e. The molecule has 1 aliphatic heterocycles. The van der Waals surface area contributed by atoms with Crippen molar-refractivity contribution in [2.45, 2.75) is 6.42 Å². The van der Waals surface area contributed by atoms with Crippen LogP contribution in [0.3, 0.4) is 0 Å². The molecule has 1 fully saturated rings. The number of ether oxygens (including phenoxy) is 3. The first kappa shape index (κ1) is 15.3. The van der Waals surface area contributed by atoms with E-state index < -0.39 is 11.9 Å². The Labute approximate surface area is 123 Å². The fourth-order valence-electron chi connectivity index (χ4n) is 2.22. The third-order valence-corrected chi connectivity index (χ3v) is 3.40. The summed E-state index contributed by atoms with van der Waals surface area (Å²) in [6.45, 7) is 2.45. The largest absolute Gasteiger partial charge is 0.493 e. The highest BCUT2D eigenvalue weighted by Crippen LogP contribution is 2.20. The smallest absolute Gasteiger partial charge is 0.338 e. The van der Waals surface area contributed by atoms with Crippen LogP contribution in [0.1, 0.15) is 27.1 Å². The number of hydrogen-bond donors (Lipinski definition) is 1. The zero-order chi connectivity index (χ0) is 15.2. The van der Waals surface area contributed by atoms with Crippen molar-refractivity contribution in [1.29, 1.82) is 0 Å². The van der Waals surface area contributed by atoms with Gasteiger partial charge in [-0.05, 0) is 31.2 Å². The van der Waals surface area contributed by atoms with Gasteiger partial charge < -0.3 is 19.5 Å². The number of methoxy groups -OCH3 is 2. The molecule has 0 bridgehead atoms. The average Bonchev–Trinajstić information content (AvgIpc) is 3.04. The van der Waals surface area contributed by atoms with Crippen molar-refractivity contribution in [2.24, 2.45) is 5.92 Å². The second kappa shape index (κ2) is 7.08. The van der Waals surface area contributed by atoms with E-state index in [2.05, 4.69) is 14.8 Å². The second-order valence-electron chi connectivity index (χ2n) is 4.90. The van der Waals surface area contributed by atoms with Gasteiger partial charge in [0.15, 0.2) is 0 Å². The predicted molar refractivity (Wildman–Crippen MR) is 75.6 cm³/mol. The van der Waals surface area contributed by atoms with E-state index in [0.29, 0.717) is 18.3 Å². The molecule has 6 heteroatoms. The lowest BCUT2D eigenvalue weighted by Gasteiger charge is -2.12. The second-order valence-corrected chi connectivity index (χ2v) is 4.90. The molecule has 1 aromatic carbocycles. The number of hydrogen-bond acceptors (Lipinski definition) is 6.